The largest absolute Gasteiger partial charge is 0.484 e. The number of hydrazone groups is 1. The number of nitrogens with one attached hydrogen (secondary N) is 2. The van der Waals surface area contributed by atoms with E-state index in [4.69, 9.17) is 4.74 Å². The van der Waals surface area contributed by atoms with E-state index < -0.39 is 23.6 Å². The van der Waals surface area contributed by atoms with Crippen molar-refractivity contribution in [3.63, 3.8) is 0 Å². The average Bonchev–Trinajstić information content (AvgIpc) is 3.32. The zero-order valence-corrected chi connectivity index (χ0v) is 17.4. The molecule has 3 amide bonds. The number of anilines is 1. The highest BCUT2D eigenvalue weighted by Gasteiger charge is 2.30. The summed E-state index contributed by atoms with van der Waals surface area (Å²) in [5, 5.41) is 5.75. The van der Waals surface area contributed by atoms with E-state index in [0.29, 0.717) is 17.4 Å². The third kappa shape index (κ3) is 7.06. The first-order valence-electron chi connectivity index (χ1n) is 10.0. The fraction of sp³-hybridized carbons (Fsp3) is 0.273. The lowest BCUT2D eigenvalue weighted by Gasteiger charge is -2.15. The van der Waals surface area contributed by atoms with E-state index in [2.05, 4.69) is 10.4 Å². The minimum absolute atomic E-state index is 0.0902. The molecule has 1 aliphatic rings. The third-order valence-corrected chi connectivity index (χ3v) is 4.71. The molecule has 0 bridgehead atoms. The number of benzene rings is 2. The van der Waals surface area contributed by atoms with Gasteiger partial charge in [0.15, 0.2) is 6.61 Å². The van der Waals surface area contributed by atoms with E-state index >= 15 is 0 Å². The molecule has 11 heteroatoms. The first kappa shape index (κ1) is 23.8. The van der Waals surface area contributed by atoms with Gasteiger partial charge in [-0.1, -0.05) is 18.2 Å². The molecule has 0 radical (unpaired) electrons. The Morgan fingerprint density at radius 1 is 1.03 bits per heavy atom. The van der Waals surface area contributed by atoms with E-state index in [0.717, 1.165) is 38.1 Å². The Balaban J connectivity index is 1.50. The topological polar surface area (TPSA) is 100 Å². The lowest BCUT2D eigenvalue weighted by molar-refractivity contribution is -0.137. The quantitative estimate of drug-likeness (QED) is 0.392. The second kappa shape index (κ2) is 10.6. The fourth-order valence-corrected chi connectivity index (χ4v) is 3.06. The molecule has 1 fully saturated rings. The van der Waals surface area contributed by atoms with Crippen molar-refractivity contribution in [2.24, 2.45) is 5.10 Å². The number of nitrogens with zero attached hydrogens (tertiary/aromatic N) is 2. The van der Waals surface area contributed by atoms with Crippen LogP contribution >= 0.6 is 0 Å². The number of rotatable bonds is 6. The molecule has 1 saturated heterocycles. The van der Waals surface area contributed by atoms with Gasteiger partial charge in [0.2, 0.25) is 0 Å². The van der Waals surface area contributed by atoms with Gasteiger partial charge in [-0.2, -0.15) is 18.3 Å². The molecule has 0 atom stereocenters. The van der Waals surface area contributed by atoms with Crippen molar-refractivity contribution in [3.8, 4) is 5.75 Å². The van der Waals surface area contributed by atoms with Crippen molar-refractivity contribution < 1.29 is 32.3 Å². The van der Waals surface area contributed by atoms with E-state index in [1.165, 1.54) is 12.3 Å². The molecule has 2 N–H and O–H groups in total. The summed E-state index contributed by atoms with van der Waals surface area (Å²) in [7, 11) is 0. The van der Waals surface area contributed by atoms with Crippen LogP contribution in [0.2, 0.25) is 0 Å². The standard InChI is InChI=1S/C22H21F3N4O4/c23-22(24,25)16-6-4-7-17(12-16)27-20(31)21(32)28-26-13-15-5-3-8-18(11-15)33-14-19(30)29-9-1-2-10-29/h3-8,11-13H,1-2,9-10,14H2,(H,27,31)(H,28,32). The predicted octanol–water partition coefficient (Wildman–Crippen LogP) is 2.80. The second-order valence-corrected chi connectivity index (χ2v) is 7.18. The van der Waals surface area contributed by atoms with Crippen LogP contribution in [-0.4, -0.2) is 48.5 Å². The number of likely N-dealkylation sites (tertiary alicyclic amines) is 1. The summed E-state index contributed by atoms with van der Waals surface area (Å²) in [6.07, 6.45) is -1.35. The monoisotopic (exact) mass is 462 g/mol. The Kier molecular flexibility index (Phi) is 7.65. The maximum absolute atomic E-state index is 12.7. The van der Waals surface area contributed by atoms with Gasteiger partial charge in [-0.3, -0.25) is 14.4 Å². The highest BCUT2D eigenvalue weighted by molar-refractivity contribution is 6.39. The summed E-state index contributed by atoms with van der Waals surface area (Å²) in [5.41, 5.74) is 1.39. The lowest BCUT2D eigenvalue weighted by atomic mass is 10.2. The molecule has 0 aromatic heterocycles. The summed E-state index contributed by atoms with van der Waals surface area (Å²) in [5.74, 6) is -2.00. The number of carbonyl (C=O) groups excluding carboxylic acids is 3. The Morgan fingerprint density at radius 3 is 2.48 bits per heavy atom. The maximum Gasteiger partial charge on any atom is 0.416 e. The number of hydrogen-bond acceptors (Lipinski definition) is 5. The maximum atomic E-state index is 12.7. The van der Waals surface area contributed by atoms with Gasteiger partial charge in [0, 0.05) is 18.8 Å². The van der Waals surface area contributed by atoms with Crippen LogP contribution in [0.15, 0.2) is 53.6 Å². The summed E-state index contributed by atoms with van der Waals surface area (Å²) >= 11 is 0. The van der Waals surface area contributed by atoms with Gasteiger partial charge in [0.25, 0.3) is 5.91 Å². The minimum Gasteiger partial charge on any atom is -0.484 e. The van der Waals surface area contributed by atoms with E-state index in [9.17, 15) is 27.6 Å². The molecule has 2 aromatic carbocycles. The molecule has 2 aromatic rings. The molecule has 3 rings (SSSR count). The smallest absolute Gasteiger partial charge is 0.416 e. The zero-order valence-electron chi connectivity index (χ0n) is 17.4. The molecule has 174 valence electrons. The molecule has 0 aliphatic carbocycles. The number of alkyl halides is 3. The molecular formula is C22H21F3N4O4. The molecule has 1 aliphatic heterocycles. The number of ether oxygens (including phenoxy) is 1. The van der Waals surface area contributed by atoms with Gasteiger partial charge in [0.1, 0.15) is 5.75 Å². The Bertz CT molecular complexity index is 1050. The van der Waals surface area contributed by atoms with Crippen LogP contribution in [0.1, 0.15) is 24.0 Å². The Morgan fingerprint density at radius 2 is 1.76 bits per heavy atom. The van der Waals surface area contributed by atoms with Crippen LogP contribution in [0.25, 0.3) is 0 Å². The molecular weight excluding hydrogens is 441 g/mol. The van der Waals surface area contributed by atoms with Crippen LogP contribution in [-0.2, 0) is 20.6 Å². The average molecular weight is 462 g/mol. The summed E-state index contributed by atoms with van der Waals surface area (Å²) in [4.78, 5) is 37.5. The van der Waals surface area contributed by atoms with Crippen LogP contribution in [0.3, 0.4) is 0 Å². The number of amides is 3. The van der Waals surface area contributed by atoms with Gasteiger partial charge in [0.05, 0.1) is 11.8 Å². The molecule has 1 heterocycles. The second-order valence-electron chi connectivity index (χ2n) is 7.18. The number of hydrogen-bond donors (Lipinski definition) is 2. The van der Waals surface area contributed by atoms with E-state index in [-0.39, 0.29) is 18.2 Å². The predicted molar refractivity (Wildman–Crippen MR) is 114 cm³/mol. The lowest BCUT2D eigenvalue weighted by Crippen LogP contribution is -2.32. The van der Waals surface area contributed by atoms with Crippen molar-refractivity contribution >= 4 is 29.6 Å². The number of halogens is 3. The number of carbonyl (C=O) groups is 3. The summed E-state index contributed by atoms with van der Waals surface area (Å²) in [6.45, 7) is 1.37. The van der Waals surface area contributed by atoms with E-state index in [1.807, 2.05) is 5.43 Å². The normalized spacial score (nSPS) is 13.7. The Labute approximate surface area is 187 Å². The van der Waals surface area contributed by atoms with Crippen molar-refractivity contribution in [2.45, 2.75) is 19.0 Å². The van der Waals surface area contributed by atoms with Gasteiger partial charge in [-0.25, -0.2) is 5.43 Å². The van der Waals surface area contributed by atoms with Crippen molar-refractivity contribution in [1.82, 2.24) is 10.3 Å². The van der Waals surface area contributed by atoms with Crippen LogP contribution in [0.4, 0.5) is 18.9 Å². The van der Waals surface area contributed by atoms with E-state index in [1.54, 1.807) is 29.2 Å². The van der Waals surface area contributed by atoms with Gasteiger partial charge in [-0.15, -0.1) is 0 Å². The van der Waals surface area contributed by atoms with Gasteiger partial charge < -0.3 is 15.0 Å². The van der Waals surface area contributed by atoms with Crippen molar-refractivity contribution in [3.05, 3.63) is 59.7 Å². The Hall–Kier alpha value is -3.89. The summed E-state index contributed by atoms with van der Waals surface area (Å²) in [6, 6.07) is 10.5. The summed E-state index contributed by atoms with van der Waals surface area (Å²) < 4.78 is 43.7. The molecule has 33 heavy (non-hydrogen) atoms. The van der Waals surface area contributed by atoms with Crippen LogP contribution in [0.5, 0.6) is 5.75 Å². The molecule has 0 unspecified atom stereocenters. The molecule has 8 nitrogen and oxygen atoms in total. The van der Waals surface area contributed by atoms with Crippen LogP contribution in [0, 0.1) is 0 Å². The van der Waals surface area contributed by atoms with Crippen LogP contribution < -0.4 is 15.5 Å². The molecule has 0 spiro atoms. The van der Waals surface area contributed by atoms with Gasteiger partial charge >= 0.3 is 18.0 Å². The SMILES string of the molecule is O=C(NN=Cc1cccc(OCC(=O)N2CCCC2)c1)C(=O)Nc1cccc(C(F)(F)F)c1. The highest BCUT2D eigenvalue weighted by atomic mass is 19.4. The van der Waals surface area contributed by atoms with Crippen molar-refractivity contribution in [2.75, 3.05) is 25.0 Å². The first-order chi connectivity index (χ1) is 15.7. The first-order valence-corrected chi connectivity index (χ1v) is 10.0. The fourth-order valence-electron chi connectivity index (χ4n) is 3.06. The van der Waals surface area contributed by atoms with Crippen molar-refractivity contribution in [1.29, 1.82) is 0 Å². The molecule has 0 saturated carbocycles. The van der Waals surface area contributed by atoms with Gasteiger partial charge in [-0.05, 0) is 48.7 Å². The zero-order chi connectivity index (χ0) is 23.8. The minimum atomic E-state index is -4.58. The third-order valence-electron chi connectivity index (χ3n) is 4.71. The highest BCUT2D eigenvalue weighted by Crippen LogP contribution is 2.30.